The van der Waals surface area contributed by atoms with Crippen LogP contribution in [0.1, 0.15) is 12.0 Å². The molecule has 0 aliphatic carbocycles. The van der Waals surface area contributed by atoms with Gasteiger partial charge < -0.3 is 19.4 Å². The lowest BCUT2D eigenvalue weighted by molar-refractivity contribution is 0.0804. The van der Waals surface area contributed by atoms with Gasteiger partial charge in [0.25, 0.3) is 5.89 Å². The zero-order valence-electron chi connectivity index (χ0n) is 8.21. The second kappa shape index (κ2) is 4.24. The van der Waals surface area contributed by atoms with E-state index in [4.69, 9.17) is 19.4 Å². The second-order valence-corrected chi connectivity index (χ2v) is 2.89. The van der Waals surface area contributed by atoms with Crippen LogP contribution in [0.25, 0.3) is 11.6 Å². The molecule has 0 saturated heterocycles. The van der Waals surface area contributed by atoms with Crippen molar-refractivity contribution >= 4 is 0 Å². The predicted molar refractivity (Wildman–Crippen MR) is 50.8 cm³/mol. The number of hydrogen-bond acceptors (Lipinski definition) is 6. The fourth-order valence-electron chi connectivity index (χ4n) is 1.17. The summed E-state index contributed by atoms with van der Waals surface area (Å²) in [7, 11) is 1.54. The van der Waals surface area contributed by atoms with E-state index in [1.807, 2.05) is 0 Å². The van der Waals surface area contributed by atoms with Crippen LogP contribution in [-0.2, 0) is 4.74 Å². The van der Waals surface area contributed by atoms with Gasteiger partial charge in [0.1, 0.15) is 6.10 Å². The zero-order valence-corrected chi connectivity index (χ0v) is 8.21. The van der Waals surface area contributed by atoms with Crippen molar-refractivity contribution in [1.29, 1.82) is 0 Å². The van der Waals surface area contributed by atoms with Gasteiger partial charge in [-0.2, -0.15) is 4.98 Å². The maximum atomic E-state index is 5.47. The fourth-order valence-corrected chi connectivity index (χ4v) is 1.17. The number of rotatable bonds is 4. The normalized spacial score (nSPS) is 12.9. The van der Waals surface area contributed by atoms with Crippen LogP contribution in [0.2, 0.25) is 0 Å². The number of hydrogen-bond donors (Lipinski definition) is 1. The van der Waals surface area contributed by atoms with Crippen molar-refractivity contribution in [2.45, 2.75) is 6.10 Å². The monoisotopic (exact) mass is 209 g/mol. The Morgan fingerprint density at radius 3 is 3.07 bits per heavy atom. The van der Waals surface area contributed by atoms with E-state index in [0.717, 1.165) is 0 Å². The van der Waals surface area contributed by atoms with E-state index in [9.17, 15) is 0 Å². The second-order valence-electron chi connectivity index (χ2n) is 2.89. The summed E-state index contributed by atoms with van der Waals surface area (Å²) in [6.45, 7) is 0.288. The van der Waals surface area contributed by atoms with Crippen LogP contribution in [0.5, 0.6) is 0 Å². The van der Waals surface area contributed by atoms with Gasteiger partial charge in [-0.1, -0.05) is 5.16 Å². The van der Waals surface area contributed by atoms with E-state index < -0.39 is 0 Å². The Labute approximate surface area is 86.0 Å². The van der Waals surface area contributed by atoms with Gasteiger partial charge in [-0.3, -0.25) is 0 Å². The molecule has 0 saturated carbocycles. The first-order chi connectivity index (χ1) is 7.35. The fraction of sp³-hybridized carbons (Fsp3) is 0.333. The minimum atomic E-state index is -0.374. The SMILES string of the molecule is COC(CN)c1nc(-c2ccco2)no1. The lowest BCUT2D eigenvalue weighted by Gasteiger charge is -2.05. The summed E-state index contributed by atoms with van der Waals surface area (Å²) in [5.41, 5.74) is 5.47. The number of nitrogens with two attached hydrogens (primary N) is 1. The molecule has 0 aliphatic rings. The Hall–Kier alpha value is -1.66. The minimum absolute atomic E-state index is 0.288. The quantitative estimate of drug-likeness (QED) is 0.807. The molecule has 0 amide bonds. The van der Waals surface area contributed by atoms with Crippen molar-refractivity contribution in [3.05, 3.63) is 24.3 Å². The number of ether oxygens (including phenoxy) is 1. The Balaban J connectivity index is 2.24. The van der Waals surface area contributed by atoms with Crippen LogP contribution in [0.3, 0.4) is 0 Å². The van der Waals surface area contributed by atoms with Crippen molar-refractivity contribution in [2.24, 2.45) is 5.73 Å². The molecular weight excluding hydrogens is 198 g/mol. The van der Waals surface area contributed by atoms with Gasteiger partial charge in [-0.25, -0.2) is 0 Å². The molecule has 0 radical (unpaired) electrons. The number of furan rings is 1. The highest BCUT2D eigenvalue weighted by Crippen LogP contribution is 2.19. The van der Waals surface area contributed by atoms with E-state index in [0.29, 0.717) is 17.5 Å². The molecule has 80 valence electrons. The smallest absolute Gasteiger partial charge is 0.257 e. The number of methoxy groups -OCH3 is 1. The van der Waals surface area contributed by atoms with Gasteiger partial charge >= 0.3 is 0 Å². The van der Waals surface area contributed by atoms with Crippen LogP contribution in [0.4, 0.5) is 0 Å². The highest BCUT2D eigenvalue weighted by atomic mass is 16.5. The molecule has 0 fully saturated rings. The third-order valence-electron chi connectivity index (χ3n) is 1.96. The van der Waals surface area contributed by atoms with Crippen LogP contribution >= 0.6 is 0 Å². The van der Waals surface area contributed by atoms with Gasteiger partial charge in [0, 0.05) is 13.7 Å². The Morgan fingerprint density at radius 2 is 2.47 bits per heavy atom. The highest BCUT2D eigenvalue weighted by molar-refractivity contribution is 5.44. The summed E-state index contributed by atoms with van der Waals surface area (Å²) in [6.07, 6.45) is 1.17. The van der Waals surface area contributed by atoms with Crippen LogP contribution < -0.4 is 5.73 Å². The molecule has 2 N–H and O–H groups in total. The predicted octanol–water partition coefficient (Wildman–Crippen LogP) is 0.976. The first-order valence-corrected chi connectivity index (χ1v) is 4.45. The van der Waals surface area contributed by atoms with Crippen LogP contribution in [0, 0.1) is 0 Å². The average molecular weight is 209 g/mol. The van der Waals surface area contributed by atoms with E-state index in [2.05, 4.69) is 10.1 Å². The zero-order chi connectivity index (χ0) is 10.7. The van der Waals surface area contributed by atoms with Gasteiger partial charge in [0.15, 0.2) is 5.76 Å². The summed E-state index contributed by atoms with van der Waals surface area (Å²) in [4.78, 5) is 4.12. The molecule has 6 heteroatoms. The van der Waals surface area contributed by atoms with Crippen molar-refractivity contribution in [3.8, 4) is 11.6 Å². The van der Waals surface area contributed by atoms with Gasteiger partial charge in [0.2, 0.25) is 5.82 Å². The largest absolute Gasteiger partial charge is 0.461 e. The summed E-state index contributed by atoms with van der Waals surface area (Å²) in [6, 6.07) is 3.50. The lowest BCUT2D eigenvalue weighted by atomic mass is 10.3. The molecule has 15 heavy (non-hydrogen) atoms. The lowest BCUT2D eigenvalue weighted by Crippen LogP contribution is -2.14. The summed E-state index contributed by atoms with van der Waals surface area (Å²) >= 11 is 0. The Morgan fingerprint density at radius 1 is 1.60 bits per heavy atom. The average Bonchev–Trinajstić information content (AvgIpc) is 2.89. The molecular formula is C9H11N3O3. The Bertz CT molecular complexity index is 406. The van der Waals surface area contributed by atoms with Crippen molar-refractivity contribution in [3.63, 3.8) is 0 Å². The maximum absolute atomic E-state index is 5.47. The molecule has 0 aliphatic heterocycles. The first kappa shape index (κ1) is 9.88. The summed E-state index contributed by atoms with van der Waals surface area (Å²) in [5.74, 6) is 1.30. The van der Waals surface area contributed by atoms with Crippen LogP contribution in [-0.4, -0.2) is 23.8 Å². The molecule has 0 aromatic carbocycles. The topological polar surface area (TPSA) is 87.3 Å². The molecule has 2 heterocycles. The van der Waals surface area contributed by atoms with Gasteiger partial charge in [-0.15, -0.1) is 0 Å². The molecule has 0 spiro atoms. The molecule has 6 nitrogen and oxygen atoms in total. The maximum Gasteiger partial charge on any atom is 0.257 e. The van der Waals surface area contributed by atoms with E-state index in [1.54, 1.807) is 18.4 Å². The van der Waals surface area contributed by atoms with Crippen molar-refractivity contribution in [2.75, 3.05) is 13.7 Å². The molecule has 2 rings (SSSR count). The van der Waals surface area contributed by atoms with Crippen molar-refractivity contribution < 1.29 is 13.7 Å². The van der Waals surface area contributed by atoms with Crippen LogP contribution in [0.15, 0.2) is 27.3 Å². The highest BCUT2D eigenvalue weighted by Gasteiger charge is 2.18. The third-order valence-corrected chi connectivity index (χ3v) is 1.96. The molecule has 1 atom stereocenters. The standard InChI is InChI=1S/C9H11N3O3/c1-13-7(5-10)9-11-8(12-15-9)6-3-2-4-14-6/h2-4,7H,5,10H2,1H3. The molecule has 0 bridgehead atoms. The van der Waals surface area contributed by atoms with Gasteiger partial charge in [-0.05, 0) is 12.1 Å². The first-order valence-electron chi connectivity index (χ1n) is 4.45. The summed E-state index contributed by atoms with van der Waals surface area (Å²) < 4.78 is 15.2. The van der Waals surface area contributed by atoms with Crippen molar-refractivity contribution in [1.82, 2.24) is 10.1 Å². The van der Waals surface area contributed by atoms with Gasteiger partial charge in [0.05, 0.1) is 6.26 Å². The molecule has 2 aromatic heterocycles. The number of aromatic nitrogens is 2. The molecule has 2 aromatic rings. The third kappa shape index (κ3) is 1.90. The van der Waals surface area contributed by atoms with E-state index >= 15 is 0 Å². The van der Waals surface area contributed by atoms with E-state index in [-0.39, 0.29) is 12.6 Å². The minimum Gasteiger partial charge on any atom is -0.461 e. The summed E-state index contributed by atoms with van der Waals surface area (Å²) in [5, 5.41) is 3.76. The van der Waals surface area contributed by atoms with E-state index in [1.165, 1.54) is 7.11 Å². The molecule has 1 unspecified atom stereocenters. The Kier molecular flexibility index (Phi) is 2.79. The number of nitrogens with zero attached hydrogens (tertiary/aromatic N) is 2.